The number of thioether (sulfide) groups is 1. The molecule has 0 aliphatic rings. The average molecular weight is 367 g/mol. The fourth-order valence-corrected chi connectivity index (χ4v) is 3.54. The van der Waals surface area contributed by atoms with Crippen LogP contribution in [0.15, 0.2) is 59.4 Å². The number of carbonyl (C=O) groups excluding carboxylic acids is 1. The maximum atomic E-state index is 12.3. The van der Waals surface area contributed by atoms with Crippen LogP contribution in [0, 0.1) is 6.92 Å². The number of pyridine rings is 1. The largest absolute Gasteiger partial charge is 0.359 e. The van der Waals surface area contributed by atoms with E-state index in [4.69, 9.17) is 4.52 Å². The summed E-state index contributed by atoms with van der Waals surface area (Å²) in [5.41, 5.74) is 4.21. The van der Waals surface area contributed by atoms with Crippen molar-refractivity contribution in [3.63, 3.8) is 0 Å². The van der Waals surface area contributed by atoms with Gasteiger partial charge in [-0.25, -0.2) is 0 Å². The molecule has 0 saturated heterocycles. The number of hydrogen-bond acceptors (Lipinski definition) is 5. The standard InChI is InChI=1S/C20H21N3O2S/c1-15-5-3-4-6-17(15)13-26-14-20(24)23(2)12-18-11-19(22-25-18)16-7-9-21-10-8-16/h3-11H,12-14H2,1-2H3. The lowest BCUT2D eigenvalue weighted by Crippen LogP contribution is -2.27. The Balaban J connectivity index is 1.50. The summed E-state index contributed by atoms with van der Waals surface area (Å²) in [4.78, 5) is 18.0. The van der Waals surface area contributed by atoms with Crippen molar-refractivity contribution in [1.82, 2.24) is 15.0 Å². The van der Waals surface area contributed by atoms with Crippen molar-refractivity contribution in [2.75, 3.05) is 12.8 Å². The van der Waals surface area contributed by atoms with Crippen LogP contribution < -0.4 is 0 Å². The number of carbonyl (C=O) groups is 1. The van der Waals surface area contributed by atoms with E-state index in [0.29, 0.717) is 18.1 Å². The molecule has 0 atom stereocenters. The molecule has 5 nitrogen and oxygen atoms in total. The molecule has 3 rings (SSSR count). The third-order valence-electron chi connectivity index (χ3n) is 4.10. The van der Waals surface area contributed by atoms with E-state index in [9.17, 15) is 4.79 Å². The van der Waals surface area contributed by atoms with Crippen molar-refractivity contribution in [1.29, 1.82) is 0 Å². The summed E-state index contributed by atoms with van der Waals surface area (Å²) < 4.78 is 5.36. The monoisotopic (exact) mass is 367 g/mol. The molecule has 134 valence electrons. The van der Waals surface area contributed by atoms with E-state index in [1.165, 1.54) is 11.1 Å². The van der Waals surface area contributed by atoms with Crippen LogP contribution in [-0.2, 0) is 17.1 Å². The quantitative estimate of drug-likeness (QED) is 0.633. The first-order valence-electron chi connectivity index (χ1n) is 8.35. The summed E-state index contributed by atoms with van der Waals surface area (Å²) in [7, 11) is 1.78. The van der Waals surface area contributed by atoms with Crippen LogP contribution in [0.1, 0.15) is 16.9 Å². The number of aryl methyl sites for hydroxylation is 1. The highest BCUT2D eigenvalue weighted by molar-refractivity contribution is 7.99. The van der Waals surface area contributed by atoms with Crippen LogP contribution in [0.4, 0.5) is 0 Å². The third-order valence-corrected chi connectivity index (χ3v) is 5.06. The minimum atomic E-state index is 0.0745. The Bertz CT molecular complexity index is 864. The Kier molecular flexibility index (Phi) is 6.07. The molecule has 2 aromatic heterocycles. The number of benzene rings is 1. The fourth-order valence-electron chi connectivity index (χ4n) is 2.50. The average Bonchev–Trinajstić information content (AvgIpc) is 3.12. The number of rotatable bonds is 7. The minimum Gasteiger partial charge on any atom is -0.359 e. The van der Waals surface area contributed by atoms with Gasteiger partial charge in [0.2, 0.25) is 5.91 Å². The van der Waals surface area contributed by atoms with E-state index in [1.54, 1.807) is 36.1 Å². The molecule has 6 heteroatoms. The molecule has 0 spiro atoms. The Morgan fingerprint density at radius 1 is 1.19 bits per heavy atom. The highest BCUT2D eigenvalue weighted by atomic mass is 32.2. The van der Waals surface area contributed by atoms with Crippen molar-refractivity contribution in [3.05, 3.63) is 71.7 Å². The van der Waals surface area contributed by atoms with Crippen molar-refractivity contribution in [2.24, 2.45) is 0 Å². The molecule has 0 unspecified atom stereocenters. The summed E-state index contributed by atoms with van der Waals surface area (Å²) in [5.74, 6) is 2.01. The van der Waals surface area contributed by atoms with Gasteiger partial charge < -0.3 is 9.42 Å². The first-order chi connectivity index (χ1) is 12.6. The lowest BCUT2D eigenvalue weighted by atomic mass is 10.1. The van der Waals surface area contributed by atoms with Crippen LogP contribution in [0.2, 0.25) is 0 Å². The van der Waals surface area contributed by atoms with Crippen LogP contribution in [0.5, 0.6) is 0 Å². The van der Waals surface area contributed by atoms with E-state index in [-0.39, 0.29) is 5.91 Å². The SMILES string of the molecule is Cc1ccccc1CSCC(=O)N(C)Cc1cc(-c2ccncc2)no1. The van der Waals surface area contributed by atoms with Gasteiger partial charge in [-0.05, 0) is 30.2 Å². The van der Waals surface area contributed by atoms with Gasteiger partial charge in [-0.1, -0.05) is 29.4 Å². The lowest BCUT2D eigenvalue weighted by molar-refractivity contribution is -0.127. The normalized spacial score (nSPS) is 10.7. The van der Waals surface area contributed by atoms with Gasteiger partial charge in [0.05, 0.1) is 12.3 Å². The predicted molar refractivity (Wildman–Crippen MR) is 104 cm³/mol. The molecule has 0 N–H and O–H groups in total. The van der Waals surface area contributed by atoms with Gasteiger partial charge >= 0.3 is 0 Å². The summed E-state index contributed by atoms with van der Waals surface area (Å²) >= 11 is 1.63. The molecule has 0 radical (unpaired) electrons. The zero-order chi connectivity index (χ0) is 18.4. The summed E-state index contributed by atoms with van der Waals surface area (Å²) in [6.45, 7) is 2.50. The van der Waals surface area contributed by atoms with Crippen LogP contribution >= 0.6 is 11.8 Å². The molecule has 0 fully saturated rings. The van der Waals surface area contributed by atoms with Gasteiger partial charge in [0.1, 0.15) is 5.69 Å². The van der Waals surface area contributed by atoms with Gasteiger partial charge in [0, 0.05) is 36.8 Å². The van der Waals surface area contributed by atoms with Crippen LogP contribution in [-0.4, -0.2) is 33.7 Å². The van der Waals surface area contributed by atoms with Gasteiger partial charge in [-0.15, -0.1) is 11.8 Å². The second-order valence-electron chi connectivity index (χ2n) is 6.08. The van der Waals surface area contributed by atoms with Crippen LogP contribution in [0.25, 0.3) is 11.3 Å². The van der Waals surface area contributed by atoms with Gasteiger partial charge in [-0.2, -0.15) is 0 Å². The summed E-state index contributed by atoms with van der Waals surface area (Å²) in [6.07, 6.45) is 3.43. The van der Waals surface area contributed by atoms with Crippen molar-refractivity contribution in [3.8, 4) is 11.3 Å². The molecule has 26 heavy (non-hydrogen) atoms. The second kappa shape index (κ2) is 8.67. The Labute approximate surface area is 157 Å². The Hall–Kier alpha value is -2.60. The molecule has 0 saturated carbocycles. The first kappa shape index (κ1) is 18.2. The highest BCUT2D eigenvalue weighted by Gasteiger charge is 2.13. The number of hydrogen-bond donors (Lipinski definition) is 0. The summed E-state index contributed by atoms with van der Waals surface area (Å²) in [6, 6.07) is 13.9. The molecule has 3 aromatic rings. The van der Waals surface area contributed by atoms with E-state index in [1.807, 2.05) is 30.3 Å². The molecule has 0 bridgehead atoms. The molecular weight excluding hydrogens is 346 g/mol. The van der Waals surface area contributed by atoms with Crippen molar-refractivity contribution >= 4 is 17.7 Å². The lowest BCUT2D eigenvalue weighted by Gasteiger charge is -2.15. The molecular formula is C20H21N3O2S. The van der Waals surface area contributed by atoms with E-state index >= 15 is 0 Å². The van der Waals surface area contributed by atoms with Gasteiger partial charge in [-0.3, -0.25) is 9.78 Å². The third kappa shape index (κ3) is 4.73. The Morgan fingerprint density at radius 2 is 1.96 bits per heavy atom. The van der Waals surface area contributed by atoms with E-state index < -0.39 is 0 Å². The first-order valence-corrected chi connectivity index (χ1v) is 9.51. The van der Waals surface area contributed by atoms with E-state index in [0.717, 1.165) is 17.0 Å². The number of amides is 1. The smallest absolute Gasteiger partial charge is 0.232 e. The van der Waals surface area contributed by atoms with Crippen molar-refractivity contribution < 1.29 is 9.32 Å². The maximum Gasteiger partial charge on any atom is 0.232 e. The summed E-state index contributed by atoms with van der Waals surface area (Å²) in [5, 5.41) is 4.06. The number of nitrogens with zero attached hydrogens (tertiary/aromatic N) is 3. The topological polar surface area (TPSA) is 59.2 Å². The van der Waals surface area contributed by atoms with E-state index in [2.05, 4.69) is 29.2 Å². The van der Waals surface area contributed by atoms with Gasteiger partial charge in [0.25, 0.3) is 0 Å². The van der Waals surface area contributed by atoms with Crippen LogP contribution in [0.3, 0.4) is 0 Å². The maximum absolute atomic E-state index is 12.3. The highest BCUT2D eigenvalue weighted by Crippen LogP contribution is 2.19. The molecule has 2 heterocycles. The molecule has 1 amide bonds. The van der Waals surface area contributed by atoms with Crippen molar-refractivity contribution in [2.45, 2.75) is 19.2 Å². The molecule has 0 aliphatic carbocycles. The Morgan fingerprint density at radius 3 is 2.73 bits per heavy atom. The predicted octanol–water partition coefficient (Wildman–Crippen LogP) is 3.94. The zero-order valence-corrected chi connectivity index (χ0v) is 15.7. The molecule has 1 aromatic carbocycles. The van der Waals surface area contributed by atoms with Gasteiger partial charge in [0.15, 0.2) is 5.76 Å². The fraction of sp³-hybridized carbons (Fsp3) is 0.250. The minimum absolute atomic E-state index is 0.0745. The number of aromatic nitrogens is 2. The zero-order valence-electron chi connectivity index (χ0n) is 14.9. The molecule has 0 aliphatic heterocycles. The second-order valence-corrected chi connectivity index (χ2v) is 7.07.